The van der Waals surface area contributed by atoms with Crippen LogP contribution in [0.3, 0.4) is 0 Å². The molecule has 1 nitrogen and oxygen atoms in total. The summed E-state index contributed by atoms with van der Waals surface area (Å²) in [7, 11) is -1.34. The number of hydrogen-bond acceptors (Lipinski definition) is 1. The summed E-state index contributed by atoms with van der Waals surface area (Å²) in [6, 6.07) is 10.2. The van der Waals surface area contributed by atoms with E-state index in [0.29, 0.717) is 6.54 Å². The minimum Gasteiger partial charge on any atom is -0.379 e. The van der Waals surface area contributed by atoms with Crippen molar-refractivity contribution >= 4 is 18.9 Å². The summed E-state index contributed by atoms with van der Waals surface area (Å²) < 4.78 is 39.5. The monoisotopic (exact) mass is 309 g/mol. The maximum Gasteiger partial charge on any atom is 0.196 e. The van der Waals surface area contributed by atoms with E-state index in [4.69, 9.17) is 0 Å². The fourth-order valence-electron chi connectivity index (χ4n) is 1.98. The molecule has 0 heterocycles. The van der Waals surface area contributed by atoms with Gasteiger partial charge in [-0.25, -0.2) is 13.2 Å². The van der Waals surface area contributed by atoms with E-state index < -0.39 is 25.5 Å². The molecule has 2 aromatic rings. The summed E-state index contributed by atoms with van der Waals surface area (Å²) in [5.74, 6) is -3.82. The van der Waals surface area contributed by atoms with Crippen molar-refractivity contribution in [1.82, 2.24) is 0 Å². The van der Waals surface area contributed by atoms with Gasteiger partial charge in [0.25, 0.3) is 0 Å². The van der Waals surface area contributed by atoms with Crippen molar-refractivity contribution < 1.29 is 13.2 Å². The number of benzene rings is 2. The van der Waals surface area contributed by atoms with Crippen molar-refractivity contribution in [3.05, 3.63) is 59.4 Å². The van der Waals surface area contributed by atoms with E-state index in [1.165, 1.54) is 11.3 Å². The highest BCUT2D eigenvalue weighted by molar-refractivity contribution is 6.88. The Labute approximate surface area is 123 Å². The Morgan fingerprint density at radius 1 is 0.857 bits per heavy atom. The first-order valence-corrected chi connectivity index (χ1v) is 10.3. The van der Waals surface area contributed by atoms with Crippen LogP contribution >= 0.6 is 0 Å². The number of rotatable bonds is 4. The summed E-state index contributed by atoms with van der Waals surface area (Å²) in [5.41, 5.74) is 0.921. The highest BCUT2D eigenvalue weighted by atomic mass is 28.3. The molecular weight excluding hydrogens is 291 g/mol. The maximum absolute atomic E-state index is 13.5. The number of anilines is 1. The van der Waals surface area contributed by atoms with Gasteiger partial charge in [-0.1, -0.05) is 49.1 Å². The lowest BCUT2D eigenvalue weighted by Crippen LogP contribution is -2.37. The van der Waals surface area contributed by atoms with Crippen LogP contribution in [-0.2, 0) is 6.54 Å². The molecule has 0 saturated heterocycles. The first kappa shape index (κ1) is 15.6. The molecule has 0 bridgehead atoms. The Hall–Kier alpha value is -1.75. The molecule has 2 aromatic carbocycles. The Kier molecular flexibility index (Phi) is 4.42. The minimum atomic E-state index is -1.45. The highest BCUT2D eigenvalue weighted by Crippen LogP contribution is 2.20. The number of hydrogen-bond donors (Lipinski definition) is 1. The quantitative estimate of drug-likeness (QED) is 0.657. The lowest BCUT2D eigenvalue weighted by molar-refractivity contribution is 0.449. The second kappa shape index (κ2) is 5.93. The lowest BCUT2D eigenvalue weighted by Gasteiger charge is -2.17. The predicted octanol–water partition coefficient (Wildman–Crippen LogP) is 4.26. The lowest BCUT2D eigenvalue weighted by atomic mass is 10.2. The van der Waals surface area contributed by atoms with Gasteiger partial charge in [0.2, 0.25) is 0 Å². The molecule has 0 aliphatic heterocycles. The van der Waals surface area contributed by atoms with Crippen LogP contribution in [0.2, 0.25) is 19.6 Å². The summed E-state index contributed by atoms with van der Waals surface area (Å²) in [5, 5.41) is 4.12. The Balaban J connectivity index is 2.09. The van der Waals surface area contributed by atoms with Gasteiger partial charge in [0, 0.05) is 6.54 Å². The average Bonchev–Trinajstić information content (AvgIpc) is 2.43. The van der Waals surface area contributed by atoms with Crippen molar-refractivity contribution in [1.29, 1.82) is 0 Å². The zero-order chi connectivity index (χ0) is 15.6. The van der Waals surface area contributed by atoms with Crippen LogP contribution in [0.25, 0.3) is 0 Å². The van der Waals surface area contributed by atoms with Gasteiger partial charge in [-0.2, -0.15) is 0 Å². The van der Waals surface area contributed by atoms with Gasteiger partial charge in [0.1, 0.15) is 0 Å². The standard InChI is InChI=1S/C16H18F3NSi/c1-21(2,3)12-6-4-11(5-7-12)10-20-14-9-8-13(17)15(18)16(14)19/h4-9,20H,10H2,1-3H3. The predicted molar refractivity (Wildman–Crippen MR) is 83.1 cm³/mol. The average molecular weight is 309 g/mol. The van der Waals surface area contributed by atoms with E-state index >= 15 is 0 Å². The van der Waals surface area contributed by atoms with Crippen LogP contribution in [0, 0.1) is 17.5 Å². The van der Waals surface area contributed by atoms with Crippen molar-refractivity contribution in [2.75, 3.05) is 5.32 Å². The molecule has 0 fully saturated rings. The Bertz CT molecular complexity index is 633. The molecule has 0 aromatic heterocycles. The van der Waals surface area contributed by atoms with Gasteiger partial charge in [-0.15, -0.1) is 0 Å². The van der Waals surface area contributed by atoms with Crippen LogP contribution in [0.5, 0.6) is 0 Å². The van der Waals surface area contributed by atoms with Gasteiger partial charge in [-0.3, -0.25) is 0 Å². The van der Waals surface area contributed by atoms with E-state index in [1.807, 2.05) is 12.1 Å². The number of halogens is 3. The van der Waals surface area contributed by atoms with Crippen molar-refractivity contribution in [3.8, 4) is 0 Å². The summed E-state index contributed by atoms with van der Waals surface area (Å²) >= 11 is 0. The molecule has 1 N–H and O–H groups in total. The van der Waals surface area contributed by atoms with Crippen molar-refractivity contribution in [2.45, 2.75) is 26.2 Å². The topological polar surface area (TPSA) is 12.0 Å². The molecule has 0 atom stereocenters. The second-order valence-corrected chi connectivity index (χ2v) is 11.1. The molecule has 21 heavy (non-hydrogen) atoms. The van der Waals surface area contributed by atoms with E-state index in [2.05, 4.69) is 37.1 Å². The molecule has 0 amide bonds. The molecule has 0 radical (unpaired) electrons. The van der Waals surface area contributed by atoms with Crippen LogP contribution in [0.4, 0.5) is 18.9 Å². The molecule has 2 rings (SSSR count). The third-order valence-corrected chi connectivity index (χ3v) is 5.40. The van der Waals surface area contributed by atoms with Gasteiger partial charge in [-0.05, 0) is 17.7 Å². The fourth-order valence-corrected chi connectivity index (χ4v) is 3.15. The molecule has 0 aliphatic carbocycles. The van der Waals surface area contributed by atoms with Gasteiger partial charge < -0.3 is 5.32 Å². The summed E-state index contributed by atoms with van der Waals surface area (Å²) in [6.07, 6.45) is 0. The normalized spacial score (nSPS) is 11.5. The van der Waals surface area contributed by atoms with E-state index in [0.717, 1.165) is 11.6 Å². The first-order chi connectivity index (χ1) is 9.79. The minimum absolute atomic E-state index is 0.0387. The maximum atomic E-state index is 13.5. The van der Waals surface area contributed by atoms with Crippen LogP contribution in [0.15, 0.2) is 36.4 Å². The molecular formula is C16H18F3NSi. The van der Waals surface area contributed by atoms with Gasteiger partial charge >= 0.3 is 0 Å². The van der Waals surface area contributed by atoms with E-state index in [1.54, 1.807) is 0 Å². The molecule has 0 aliphatic rings. The summed E-state index contributed by atoms with van der Waals surface area (Å²) in [4.78, 5) is 0. The second-order valence-electron chi connectivity index (χ2n) is 6.02. The largest absolute Gasteiger partial charge is 0.379 e. The van der Waals surface area contributed by atoms with Crippen LogP contribution < -0.4 is 10.5 Å². The van der Waals surface area contributed by atoms with Crippen LogP contribution in [-0.4, -0.2) is 8.07 Å². The smallest absolute Gasteiger partial charge is 0.196 e. The summed E-state index contributed by atoms with van der Waals surface area (Å²) in [6.45, 7) is 7.14. The molecule has 0 unspecified atom stereocenters. The van der Waals surface area contributed by atoms with Crippen LogP contribution in [0.1, 0.15) is 5.56 Å². The molecule has 5 heteroatoms. The van der Waals surface area contributed by atoms with E-state index in [-0.39, 0.29) is 5.69 Å². The van der Waals surface area contributed by atoms with Gasteiger partial charge in [0.15, 0.2) is 17.5 Å². The first-order valence-electron chi connectivity index (χ1n) is 6.76. The van der Waals surface area contributed by atoms with Gasteiger partial charge in [0.05, 0.1) is 13.8 Å². The molecule has 0 spiro atoms. The molecule has 112 valence electrons. The molecule has 0 saturated carbocycles. The van der Waals surface area contributed by atoms with Crippen molar-refractivity contribution in [3.63, 3.8) is 0 Å². The highest BCUT2D eigenvalue weighted by Gasteiger charge is 2.16. The zero-order valence-corrected chi connectivity index (χ0v) is 13.3. The Morgan fingerprint density at radius 3 is 2.05 bits per heavy atom. The van der Waals surface area contributed by atoms with Crippen molar-refractivity contribution in [2.24, 2.45) is 0 Å². The Morgan fingerprint density at radius 2 is 1.48 bits per heavy atom. The van der Waals surface area contributed by atoms with E-state index in [9.17, 15) is 13.2 Å². The fraction of sp³-hybridized carbons (Fsp3) is 0.250. The number of nitrogens with one attached hydrogen (secondary N) is 1. The third-order valence-electron chi connectivity index (χ3n) is 3.34. The SMILES string of the molecule is C[Si](C)(C)c1ccc(CNc2ccc(F)c(F)c2F)cc1. The third kappa shape index (κ3) is 3.67. The zero-order valence-electron chi connectivity index (χ0n) is 12.3.